The van der Waals surface area contributed by atoms with Crippen LogP contribution < -0.4 is 14.8 Å². The van der Waals surface area contributed by atoms with E-state index in [9.17, 15) is 9.59 Å². The van der Waals surface area contributed by atoms with Crippen LogP contribution >= 0.6 is 0 Å². The molecule has 0 saturated heterocycles. The molecule has 1 amide bonds. The third kappa shape index (κ3) is 5.53. The first-order chi connectivity index (χ1) is 12.1. The van der Waals surface area contributed by atoms with Crippen LogP contribution in [0, 0.1) is 0 Å². The molecule has 2 rings (SSSR count). The fourth-order valence-corrected chi connectivity index (χ4v) is 2.19. The van der Waals surface area contributed by atoms with E-state index in [1.165, 1.54) is 20.3 Å². The smallest absolute Gasteiger partial charge is 0.340 e. The molecular formula is C19H21NO5. The number of benzene rings is 2. The Bertz CT molecular complexity index is 715. The summed E-state index contributed by atoms with van der Waals surface area (Å²) in [5.41, 5.74) is 0.636. The first-order valence-corrected chi connectivity index (χ1v) is 7.88. The van der Waals surface area contributed by atoms with Crippen molar-refractivity contribution >= 4 is 17.6 Å². The molecule has 0 bridgehead atoms. The van der Waals surface area contributed by atoms with Gasteiger partial charge in [0.1, 0.15) is 11.5 Å². The Hall–Kier alpha value is -3.02. The highest BCUT2D eigenvalue weighted by Gasteiger charge is 2.15. The summed E-state index contributed by atoms with van der Waals surface area (Å²) in [4.78, 5) is 23.9. The SMILES string of the molecule is COC(=O)c1cc(OC)ccc1NC(=O)CCCOc1ccccc1. The number of esters is 1. The molecule has 2 aromatic rings. The second-order valence-corrected chi connectivity index (χ2v) is 5.22. The summed E-state index contributed by atoms with van der Waals surface area (Å²) in [5.74, 6) is 0.536. The van der Waals surface area contributed by atoms with Gasteiger partial charge in [-0.05, 0) is 36.8 Å². The molecule has 25 heavy (non-hydrogen) atoms. The molecule has 0 aliphatic rings. The molecule has 0 fully saturated rings. The Balaban J connectivity index is 1.88. The summed E-state index contributed by atoms with van der Waals surface area (Å²) >= 11 is 0. The van der Waals surface area contributed by atoms with E-state index >= 15 is 0 Å². The molecule has 0 aliphatic heterocycles. The second kappa shape index (κ2) is 9.32. The number of nitrogens with one attached hydrogen (secondary N) is 1. The molecule has 0 aromatic heterocycles. The Morgan fingerprint density at radius 2 is 1.76 bits per heavy atom. The normalized spacial score (nSPS) is 10.0. The van der Waals surface area contributed by atoms with E-state index in [2.05, 4.69) is 5.32 Å². The molecule has 0 aliphatic carbocycles. The van der Waals surface area contributed by atoms with Gasteiger partial charge in [0.15, 0.2) is 0 Å². The molecule has 0 saturated carbocycles. The van der Waals surface area contributed by atoms with E-state index in [0.717, 1.165) is 5.75 Å². The number of carbonyl (C=O) groups is 2. The molecule has 1 N–H and O–H groups in total. The van der Waals surface area contributed by atoms with Crippen LogP contribution in [0.3, 0.4) is 0 Å². The number of hydrogen-bond donors (Lipinski definition) is 1. The van der Waals surface area contributed by atoms with Gasteiger partial charge in [-0.15, -0.1) is 0 Å². The van der Waals surface area contributed by atoms with E-state index in [4.69, 9.17) is 14.2 Å². The predicted octanol–water partition coefficient (Wildman–Crippen LogP) is 3.28. The number of para-hydroxylation sites is 1. The number of methoxy groups -OCH3 is 2. The highest BCUT2D eigenvalue weighted by Crippen LogP contribution is 2.23. The summed E-state index contributed by atoms with van der Waals surface area (Å²) in [7, 11) is 2.79. The van der Waals surface area contributed by atoms with Crippen molar-refractivity contribution < 1.29 is 23.8 Å². The minimum atomic E-state index is -0.540. The Kier molecular flexibility index (Phi) is 6.83. The fraction of sp³-hybridized carbons (Fsp3) is 0.263. The number of carbonyl (C=O) groups excluding carboxylic acids is 2. The molecule has 132 valence electrons. The van der Waals surface area contributed by atoms with Crippen LogP contribution in [0.2, 0.25) is 0 Å². The maximum Gasteiger partial charge on any atom is 0.340 e. The van der Waals surface area contributed by atoms with E-state index in [-0.39, 0.29) is 17.9 Å². The molecule has 0 radical (unpaired) electrons. The van der Waals surface area contributed by atoms with Gasteiger partial charge in [0, 0.05) is 6.42 Å². The first-order valence-electron chi connectivity index (χ1n) is 7.88. The summed E-state index contributed by atoms with van der Waals surface area (Å²) in [6, 6.07) is 14.2. The highest BCUT2D eigenvalue weighted by atomic mass is 16.5. The molecule has 6 nitrogen and oxygen atoms in total. The predicted molar refractivity (Wildman–Crippen MR) is 94.1 cm³/mol. The Labute approximate surface area is 146 Å². The number of amides is 1. The molecule has 0 unspecified atom stereocenters. The Morgan fingerprint density at radius 3 is 2.44 bits per heavy atom. The van der Waals surface area contributed by atoms with Gasteiger partial charge < -0.3 is 19.5 Å². The summed E-state index contributed by atoms with van der Waals surface area (Å²) in [5, 5.41) is 2.72. The molecule has 2 aromatic carbocycles. The van der Waals surface area contributed by atoms with Crippen LogP contribution in [0.25, 0.3) is 0 Å². The third-order valence-corrected chi connectivity index (χ3v) is 3.47. The highest BCUT2D eigenvalue weighted by molar-refractivity contribution is 6.01. The van der Waals surface area contributed by atoms with Crippen molar-refractivity contribution in [3.63, 3.8) is 0 Å². The van der Waals surface area contributed by atoms with Gasteiger partial charge in [-0.2, -0.15) is 0 Å². The topological polar surface area (TPSA) is 73.9 Å². The number of rotatable bonds is 8. The summed E-state index contributed by atoms with van der Waals surface area (Å²) in [6.45, 7) is 0.434. The van der Waals surface area contributed by atoms with Crippen LogP contribution in [0.4, 0.5) is 5.69 Å². The van der Waals surface area contributed by atoms with Crippen molar-refractivity contribution in [2.24, 2.45) is 0 Å². The first kappa shape index (κ1) is 18.3. The Morgan fingerprint density at radius 1 is 1.00 bits per heavy atom. The number of hydrogen-bond acceptors (Lipinski definition) is 5. The minimum absolute atomic E-state index is 0.202. The van der Waals surface area contributed by atoms with Crippen molar-refractivity contribution in [2.45, 2.75) is 12.8 Å². The minimum Gasteiger partial charge on any atom is -0.497 e. The van der Waals surface area contributed by atoms with Gasteiger partial charge in [-0.3, -0.25) is 4.79 Å². The lowest BCUT2D eigenvalue weighted by Gasteiger charge is -2.11. The van der Waals surface area contributed by atoms with Gasteiger partial charge in [0.25, 0.3) is 0 Å². The van der Waals surface area contributed by atoms with E-state index in [1.54, 1.807) is 12.1 Å². The average molecular weight is 343 g/mol. The van der Waals surface area contributed by atoms with Crippen molar-refractivity contribution in [3.05, 3.63) is 54.1 Å². The van der Waals surface area contributed by atoms with E-state index in [0.29, 0.717) is 24.5 Å². The third-order valence-electron chi connectivity index (χ3n) is 3.47. The quantitative estimate of drug-likeness (QED) is 0.588. The number of anilines is 1. The van der Waals surface area contributed by atoms with Gasteiger partial charge in [-0.25, -0.2) is 4.79 Å². The summed E-state index contributed by atoms with van der Waals surface area (Å²) in [6.07, 6.45) is 0.837. The molecule has 0 spiro atoms. The van der Waals surface area contributed by atoms with Crippen LogP contribution in [0.15, 0.2) is 48.5 Å². The zero-order chi connectivity index (χ0) is 18.1. The fourth-order valence-electron chi connectivity index (χ4n) is 2.19. The lowest BCUT2D eigenvalue weighted by molar-refractivity contribution is -0.116. The maximum absolute atomic E-state index is 12.1. The van der Waals surface area contributed by atoms with E-state index in [1.807, 2.05) is 30.3 Å². The van der Waals surface area contributed by atoms with Gasteiger partial charge in [0.05, 0.1) is 32.1 Å². The largest absolute Gasteiger partial charge is 0.497 e. The molecular weight excluding hydrogens is 322 g/mol. The molecule has 0 atom stereocenters. The molecule has 0 heterocycles. The van der Waals surface area contributed by atoms with Crippen molar-refractivity contribution in [3.8, 4) is 11.5 Å². The van der Waals surface area contributed by atoms with Crippen molar-refractivity contribution in [1.29, 1.82) is 0 Å². The zero-order valence-corrected chi connectivity index (χ0v) is 14.3. The van der Waals surface area contributed by atoms with Crippen LogP contribution in [-0.2, 0) is 9.53 Å². The molecule has 6 heteroatoms. The van der Waals surface area contributed by atoms with Crippen molar-refractivity contribution in [1.82, 2.24) is 0 Å². The van der Waals surface area contributed by atoms with Crippen LogP contribution in [0.5, 0.6) is 11.5 Å². The summed E-state index contributed by atoms with van der Waals surface area (Å²) < 4.78 is 15.4. The van der Waals surface area contributed by atoms with Gasteiger partial charge >= 0.3 is 5.97 Å². The monoisotopic (exact) mass is 343 g/mol. The van der Waals surface area contributed by atoms with Gasteiger partial charge in [-0.1, -0.05) is 18.2 Å². The van der Waals surface area contributed by atoms with Crippen molar-refractivity contribution in [2.75, 3.05) is 26.1 Å². The van der Waals surface area contributed by atoms with E-state index < -0.39 is 5.97 Å². The standard InChI is InChI=1S/C19H21NO5/c1-23-15-10-11-17(16(13-15)19(22)24-2)20-18(21)9-6-12-25-14-7-4-3-5-8-14/h3-5,7-8,10-11,13H,6,9,12H2,1-2H3,(H,20,21). The average Bonchev–Trinajstić information content (AvgIpc) is 2.65. The zero-order valence-electron chi connectivity index (χ0n) is 14.3. The van der Waals surface area contributed by atoms with Gasteiger partial charge in [0.2, 0.25) is 5.91 Å². The lowest BCUT2D eigenvalue weighted by Crippen LogP contribution is -2.16. The van der Waals surface area contributed by atoms with Crippen LogP contribution in [-0.4, -0.2) is 32.7 Å². The second-order valence-electron chi connectivity index (χ2n) is 5.22. The number of ether oxygens (including phenoxy) is 3. The maximum atomic E-state index is 12.1. The lowest BCUT2D eigenvalue weighted by atomic mass is 10.1. The van der Waals surface area contributed by atoms with Crippen LogP contribution in [0.1, 0.15) is 23.2 Å².